The molecule has 0 amide bonds. The van der Waals surface area contributed by atoms with Crippen LogP contribution in [0.5, 0.6) is 0 Å². The van der Waals surface area contributed by atoms with Gasteiger partial charge in [-0.3, -0.25) is 4.98 Å². The van der Waals surface area contributed by atoms with Gasteiger partial charge in [0, 0.05) is 12.4 Å². The lowest BCUT2D eigenvalue weighted by atomic mass is 10.2. The lowest BCUT2D eigenvalue weighted by Gasteiger charge is -2.09. The largest absolute Gasteiger partial charge is 0.316 e. The van der Waals surface area contributed by atoms with E-state index in [1.54, 1.807) is 0 Å². The van der Waals surface area contributed by atoms with Gasteiger partial charge in [0.1, 0.15) is 0 Å². The van der Waals surface area contributed by atoms with Crippen molar-refractivity contribution in [2.45, 2.75) is 19.3 Å². The van der Waals surface area contributed by atoms with Crippen LogP contribution in [0, 0.1) is 0 Å². The van der Waals surface area contributed by atoms with Gasteiger partial charge in [0.15, 0.2) is 0 Å². The summed E-state index contributed by atoms with van der Waals surface area (Å²) in [5, 5.41) is 3.47. The van der Waals surface area contributed by atoms with Crippen LogP contribution < -0.4 is 5.32 Å². The molecule has 90 valence electrons. The van der Waals surface area contributed by atoms with Crippen molar-refractivity contribution < 1.29 is 0 Å². The van der Waals surface area contributed by atoms with Crippen LogP contribution in [-0.2, 0) is 6.42 Å². The quantitative estimate of drug-likeness (QED) is 0.675. The van der Waals surface area contributed by atoms with Crippen molar-refractivity contribution in [2.75, 3.05) is 33.7 Å². The van der Waals surface area contributed by atoms with Gasteiger partial charge in [-0.1, -0.05) is 0 Å². The van der Waals surface area contributed by atoms with E-state index in [4.69, 9.17) is 0 Å². The van der Waals surface area contributed by atoms with E-state index in [0.29, 0.717) is 0 Å². The van der Waals surface area contributed by atoms with Crippen molar-refractivity contribution in [1.29, 1.82) is 0 Å². The number of aromatic nitrogens is 1. The predicted molar refractivity (Wildman–Crippen MR) is 68.6 cm³/mol. The van der Waals surface area contributed by atoms with Crippen LogP contribution in [-0.4, -0.2) is 43.6 Å². The molecule has 0 fully saturated rings. The zero-order chi connectivity index (χ0) is 11.6. The van der Waals surface area contributed by atoms with E-state index in [1.165, 1.54) is 24.9 Å². The maximum Gasteiger partial charge on any atom is 0.0270 e. The lowest BCUT2D eigenvalue weighted by Crippen LogP contribution is -2.20. The molecule has 1 aromatic rings. The first kappa shape index (κ1) is 13.1. The SMILES string of the molecule is CN(C)CCCCNCCc1ccncc1. The normalized spacial score (nSPS) is 10.9. The van der Waals surface area contributed by atoms with Crippen LogP contribution in [0.1, 0.15) is 18.4 Å². The molecular formula is C13H23N3. The molecule has 0 bridgehead atoms. The summed E-state index contributed by atoms with van der Waals surface area (Å²) in [6.07, 6.45) is 7.33. The minimum atomic E-state index is 1.06. The molecule has 0 atom stereocenters. The zero-order valence-electron chi connectivity index (χ0n) is 10.4. The molecule has 0 aliphatic carbocycles. The summed E-state index contributed by atoms with van der Waals surface area (Å²) in [7, 11) is 4.24. The third-order valence-corrected chi connectivity index (χ3v) is 2.55. The number of nitrogens with zero attached hydrogens (tertiary/aromatic N) is 2. The Bertz CT molecular complexity index is 259. The van der Waals surface area contributed by atoms with Crippen molar-refractivity contribution in [1.82, 2.24) is 15.2 Å². The van der Waals surface area contributed by atoms with Crippen molar-refractivity contribution in [3.63, 3.8) is 0 Å². The fourth-order valence-corrected chi connectivity index (χ4v) is 1.59. The Labute approximate surface area is 98.9 Å². The van der Waals surface area contributed by atoms with Crippen LogP contribution in [0.25, 0.3) is 0 Å². The Morgan fingerprint density at radius 1 is 1.12 bits per heavy atom. The van der Waals surface area contributed by atoms with Crippen LogP contribution >= 0.6 is 0 Å². The molecule has 0 aliphatic heterocycles. The van der Waals surface area contributed by atoms with Crippen molar-refractivity contribution in [3.05, 3.63) is 30.1 Å². The van der Waals surface area contributed by atoms with Gasteiger partial charge in [0.2, 0.25) is 0 Å². The summed E-state index contributed by atoms with van der Waals surface area (Å²) in [5.74, 6) is 0. The van der Waals surface area contributed by atoms with Crippen molar-refractivity contribution in [2.24, 2.45) is 0 Å². The third-order valence-electron chi connectivity index (χ3n) is 2.55. The Hall–Kier alpha value is -0.930. The molecular weight excluding hydrogens is 198 g/mol. The molecule has 1 rings (SSSR count). The standard InChI is InChI=1S/C13H23N3/c1-16(2)12-4-3-8-14-9-5-13-6-10-15-11-7-13/h6-7,10-11,14H,3-5,8-9,12H2,1-2H3. The smallest absolute Gasteiger partial charge is 0.0270 e. The molecule has 0 unspecified atom stereocenters. The van der Waals surface area contributed by atoms with E-state index in [-0.39, 0.29) is 0 Å². The lowest BCUT2D eigenvalue weighted by molar-refractivity contribution is 0.392. The molecule has 0 radical (unpaired) electrons. The summed E-state index contributed by atoms with van der Waals surface area (Å²) in [6.45, 7) is 3.37. The second-order valence-corrected chi connectivity index (χ2v) is 4.37. The number of nitrogens with one attached hydrogen (secondary N) is 1. The van der Waals surface area contributed by atoms with E-state index in [9.17, 15) is 0 Å². The average molecular weight is 221 g/mol. The molecule has 1 heterocycles. The molecule has 0 saturated heterocycles. The van der Waals surface area contributed by atoms with Gasteiger partial charge in [0.05, 0.1) is 0 Å². The van der Waals surface area contributed by atoms with Crippen LogP contribution in [0.3, 0.4) is 0 Å². The molecule has 16 heavy (non-hydrogen) atoms. The van der Waals surface area contributed by atoms with Gasteiger partial charge in [-0.05, 0) is 70.7 Å². The van der Waals surface area contributed by atoms with Gasteiger partial charge in [-0.25, -0.2) is 0 Å². The zero-order valence-corrected chi connectivity index (χ0v) is 10.4. The predicted octanol–water partition coefficient (Wildman–Crippen LogP) is 1.56. The van der Waals surface area contributed by atoms with E-state index < -0.39 is 0 Å². The number of pyridine rings is 1. The topological polar surface area (TPSA) is 28.2 Å². The maximum absolute atomic E-state index is 4.01. The molecule has 3 nitrogen and oxygen atoms in total. The van der Waals surface area contributed by atoms with Crippen molar-refractivity contribution in [3.8, 4) is 0 Å². The van der Waals surface area contributed by atoms with Crippen LogP contribution in [0.4, 0.5) is 0 Å². The number of hydrogen-bond donors (Lipinski definition) is 1. The molecule has 0 aliphatic rings. The second-order valence-electron chi connectivity index (χ2n) is 4.37. The molecule has 0 saturated carbocycles. The van der Waals surface area contributed by atoms with E-state index in [2.05, 4.69) is 41.4 Å². The van der Waals surface area contributed by atoms with Gasteiger partial charge in [-0.2, -0.15) is 0 Å². The Morgan fingerprint density at radius 2 is 1.88 bits per heavy atom. The first-order valence-corrected chi connectivity index (χ1v) is 6.03. The van der Waals surface area contributed by atoms with Gasteiger partial charge in [-0.15, -0.1) is 0 Å². The van der Waals surface area contributed by atoms with Crippen molar-refractivity contribution >= 4 is 0 Å². The van der Waals surface area contributed by atoms with E-state index in [1.807, 2.05) is 12.4 Å². The highest BCUT2D eigenvalue weighted by Crippen LogP contribution is 1.96. The highest BCUT2D eigenvalue weighted by Gasteiger charge is 1.93. The third kappa shape index (κ3) is 6.53. The van der Waals surface area contributed by atoms with Gasteiger partial charge in [0.25, 0.3) is 0 Å². The Morgan fingerprint density at radius 3 is 2.56 bits per heavy atom. The molecule has 1 aromatic heterocycles. The van der Waals surface area contributed by atoms with Crippen LogP contribution in [0.15, 0.2) is 24.5 Å². The minimum Gasteiger partial charge on any atom is -0.316 e. The summed E-state index contributed by atoms with van der Waals surface area (Å²) < 4.78 is 0. The van der Waals surface area contributed by atoms with E-state index >= 15 is 0 Å². The summed E-state index contributed by atoms with van der Waals surface area (Å²) in [6, 6.07) is 4.15. The Kier molecular flexibility index (Phi) is 6.77. The maximum atomic E-state index is 4.01. The fraction of sp³-hybridized carbons (Fsp3) is 0.615. The summed E-state index contributed by atoms with van der Waals surface area (Å²) in [5.41, 5.74) is 1.36. The van der Waals surface area contributed by atoms with E-state index in [0.717, 1.165) is 19.5 Å². The second kappa shape index (κ2) is 8.25. The minimum absolute atomic E-state index is 1.06. The average Bonchev–Trinajstić information content (AvgIpc) is 2.29. The fourth-order valence-electron chi connectivity index (χ4n) is 1.59. The number of unbranched alkanes of at least 4 members (excludes halogenated alkanes) is 1. The molecule has 3 heteroatoms. The van der Waals surface area contributed by atoms with Gasteiger partial charge >= 0.3 is 0 Å². The Balaban J connectivity index is 1.93. The summed E-state index contributed by atoms with van der Waals surface area (Å²) in [4.78, 5) is 6.24. The first-order valence-electron chi connectivity index (χ1n) is 6.03. The summed E-state index contributed by atoms with van der Waals surface area (Å²) >= 11 is 0. The van der Waals surface area contributed by atoms with Crippen LogP contribution in [0.2, 0.25) is 0 Å². The van der Waals surface area contributed by atoms with Gasteiger partial charge < -0.3 is 10.2 Å². The number of hydrogen-bond acceptors (Lipinski definition) is 3. The first-order chi connectivity index (χ1) is 7.79. The molecule has 0 spiro atoms. The highest BCUT2D eigenvalue weighted by molar-refractivity contribution is 5.09. The number of rotatable bonds is 8. The molecule has 1 N–H and O–H groups in total. The molecule has 0 aromatic carbocycles. The highest BCUT2D eigenvalue weighted by atomic mass is 15.0. The monoisotopic (exact) mass is 221 g/mol.